The van der Waals surface area contributed by atoms with Crippen LogP contribution < -0.4 is 5.32 Å². The van der Waals surface area contributed by atoms with Crippen LogP contribution in [-0.2, 0) is 0 Å². The molecule has 0 radical (unpaired) electrons. The van der Waals surface area contributed by atoms with Crippen LogP contribution in [0.2, 0.25) is 0 Å². The largest absolute Gasteiger partial charge is 0.387 e. The van der Waals surface area contributed by atoms with E-state index in [-0.39, 0.29) is 18.4 Å². The Morgan fingerprint density at radius 2 is 1.71 bits per heavy atom. The van der Waals surface area contributed by atoms with Gasteiger partial charge in [0.05, 0.1) is 6.10 Å². The zero-order valence-electron chi connectivity index (χ0n) is 8.82. The van der Waals surface area contributed by atoms with Crippen molar-refractivity contribution < 1.29 is 5.11 Å². The van der Waals surface area contributed by atoms with Gasteiger partial charge in [0.15, 0.2) is 0 Å². The molecule has 0 amide bonds. The van der Waals surface area contributed by atoms with Crippen LogP contribution in [0.5, 0.6) is 0 Å². The van der Waals surface area contributed by atoms with Gasteiger partial charge in [-0.3, -0.25) is 0 Å². The Hall–Kier alpha value is -0.570. The van der Waals surface area contributed by atoms with Crippen LogP contribution in [0, 0.1) is 6.92 Å². The number of benzene rings is 1. The van der Waals surface area contributed by atoms with Crippen LogP contribution in [-0.4, -0.2) is 18.2 Å². The predicted molar refractivity (Wildman–Crippen MR) is 61.9 cm³/mol. The molecular weight excluding hydrogens is 198 g/mol. The van der Waals surface area contributed by atoms with Crippen LogP contribution >= 0.6 is 12.4 Å². The lowest BCUT2D eigenvalue weighted by molar-refractivity contribution is 0.140. The first-order valence-corrected chi connectivity index (χ1v) is 4.57. The van der Waals surface area contributed by atoms with E-state index in [0.29, 0.717) is 0 Å². The standard InChI is InChI=1S/C11H17NO.ClH/c1-8-4-6-10(7-5-8)11(13)9(2)12-3;/h4-7,9,11-13H,1-3H3;1H. The molecule has 0 saturated heterocycles. The van der Waals surface area contributed by atoms with Gasteiger partial charge in [-0.2, -0.15) is 0 Å². The van der Waals surface area contributed by atoms with E-state index in [4.69, 9.17) is 0 Å². The summed E-state index contributed by atoms with van der Waals surface area (Å²) < 4.78 is 0. The molecule has 0 aliphatic heterocycles. The molecule has 0 aliphatic rings. The maximum atomic E-state index is 9.82. The van der Waals surface area contributed by atoms with Gasteiger partial charge < -0.3 is 10.4 Å². The van der Waals surface area contributed by atoms with Crippen LogP contribution in [0.25, 0.3) is 0 Å². The van der Waals surface area contributed by atoms with Gasteiger partial charge in [-0.1, -0.05) is 29.8 Å². The van der Waals surface area contributed by atoms with Crippen LogP contribution in [0.3, 0.4) is 0 Å². The van der Waals surface area contributed by atoms with E-state index in [2.05, 4.69) is 5.32 Å². The Morgan fingerprint density at radius 3 is 2.14 bits per heavy atom. The molecule has 0 saturated carbocycles. The minimum atomic E-state index is -0.425. The molecular formula is C11H18ClNO. The molecule has 2 nitrogen and oxygen atoms in total. The number of hydrogen-bond donors (Lipinski definition) is 2. The summed E-state index contributed by atoms with van der Waals surface area (Å²) in [6.07, 6.45) is -0.425. The van der Waals surface area contributed by atoms with E-state index < -0.39 is 6.10 Å². The minimum Gasteiger partial charge on any atom is -0.387 e. The number of aliphatic hydroxyl groups is 1. The molecule has 0 heterocycles. The van der Waals surface area contributed by atoms with Crippen LogP contribution in [0.15, 0.2) is 24.3 Å². The van der Waals surface area contributed by atoms with Crippen molar-refractivity contribution in [1.82, 2.24) is 5.32 Å². The average molecular weight is 216 g/mol. The van der Waals surface area contributed by atoms with E-state index in [9.17, 15) is 5.11 Å². The Bertz CT molecular complexity index is 260. The molecule has 0 bridgehead atoms. The lowest BCUT2D eigenvalue weighted by Crippen LogP contribution is -2.28. The molecule has 2 unspecified atom stereocenters. The summed E-state index contributed by atoms with van der Waals surface area (Å²) in [6.45, 7) is 4.00. The smallest absolute Gasteiger partial charge is 0.0940 e. The maximum absolute atomic E-state index is 9.82. The van der Waals surface area contributed by atoms with Gasteiger partial charge in [-0.15, -0.1) is 12.4 Å². The first-order valence-electron chi connectivity index (χ1n) is 4.57. The fourth-order valence-electron chi connectivity index (χ4n) is 1.21. The Morgan fingerprint density at radius 1 is 1.21 bits per heavy atom. The SMILES string of the molecule is CNC(C)C(O)c1ccc(C)cc1.Cl. The summed E-state index contributed by atoms with van der Waals surface area (Å²) in [6, 6.07) is 8.05. The Balaban J connectivity index is 0.00000169. The number of nitrogens with one attached hydrogen (secondary N) is 1. The Kier molecular flexibility index (Phi) is 5.77. The first-order chi connectivity index (χ1) is 6.15. The lowest BCUT2D eigenvalue weighted by atomic mass is 10.0. The lowest BCUT2D eigenvalue weighted by Gasteiger charge is -2.18. The minimum absolute atomic E-state index is 0. The molecule has 0 spiro atoms. The molecule has 14 heavy (non-hydrogen) atoms. The zero-order chi connectivity index (χ0) is 9.84. The van der Waals surface area contributed by atoms with Crippen molar-refractivity contribution in [2.45, 2.75) is 26.0 Å². The number of aryl methyl sites for hydroxylation is 1. The third kappa shape index (κ3) is 3.29. The summed E-state index contributed by atoms with van der Waals surface area (Å²) in [5.41, 5.74) is 2.18. The van der Waals surface area contributed by atoms with E-state index in [1.165, 1.54) is 5.56 Å². The molecule has 2 N–H and O–H groups in total. The quantitative estimate of drug-likeness (QED) is 0.809. The van der Waals surface area contributed by atoms with Crippen molar-refractivity contribution in [3.8, 4) is 0 Å². The molecule has 0 fully saturated rings. The highest BCUT2D eigenvalue weighted by atomic mass is 35.5. The second-order valence-corrected chi connectivity index (χ2v) is 3.43. The summed E-state index contributed by atoms with van der Waals surface area (Å²) in [7, 11) is 1.85. The van der Waals surface area contributed by atoms with Gasteiger partial charge >= 0.3 is 0 Å². The number of likely N-dealkylation sites (N-methyl/N-ethyl adjacent to an activating group) is 1. The highest BCUT2D eigenvalue weighted by Gasteiger charge is 2.13. The van der Waals surface area contributed by atoms with Gasteiger partial charge in [-0.05, 0) is 26.5 Å². The fourth-order valence-corrected chi connectivity index (χ4v) is 1.21. The third-order valence-corrected chi connectivity index (χ3v) is 2.35. The normalized spacial score (nSPS) is 14.3. The molecule has 0 aromatic heterocycles. The van der Waals surface area contributed by atoms with Crippen molar-refractivity contribution >= 4 is 12.4 Å². The number of hydrogen-bond acceptors (Lipinski definition) is 2. The molecule has 3 heteroatoms. The number of rotatable bonds is 3. The molecule has 1 rings (SSSR count). The van der Waals surface area contributed by atoms with Crippen molar-refractivity contribution in [3.05, 3.63) is 35.4 Å². The molecule has 0 aliphatic carbocycles. The van der Waals surface area contributed by atoms with Crippen molar-refractivity contribution in [1.29, 1.82) is 0 Å². The van der Waals surface area contributed by atoms with Crippen molar-refractivity contribution in [3.63, 3.8) is 0 Å². The van der Waals surface area contributed by atoms with E-state index in [1.807, 2.05) is 45.2 Å². The van der Waals surface area contributed by atoms with Crippen LogP contribution in [0.1, 0.15) is 24.2 Å². The molecule has 80 valence electrons. The highest BCUT2D eigenvalue weighted by Crippen LogP contribution is 2.16. The topological polar surface area (TPSA) is 32.3 Å². The van der Waals surface area contributed by atoms with E-state index in [0.717, 1.165) is 5.56 Å². The predicted octanol–water partition coefficient (Wildman–Crippen LogP) is 2.06. The molecule has 2 atom stereocenters. The van der Waals surface area contributed by atoms with Gasteiger partial charge in [0.1, 0.15) is 0 Å². The number of aliphatic hydroxyl groups excluding tert-OH is 1. The average Bonchev–Trinajstić information content (AvgIpc) is 2.17. The third-order valence-electron chi connectivity index (χ3n) is 2.35. The first kappa shape index (κ1) is 13.4. The second kappa shape index (κ2) is 6.02. The summed E-state index contributed by atoms with van der Waals surface area (Å²) in [5.74, 6) is 0. The molecule has 1 aromatic rings. The Labute approximate surface area is 91.8 Å². The van der Waals surface area contributed by atoms with Crippen LogP contribution in [0.4, 0.5) is 0 Å². The summed E-state index contributed by atoms with van der Waals surface area (Å²) in [5, 5.41) is 12.8. The van der Waals surface area contributed by atoms with Gasteiger partial charge in [0, 0.05) is 6.04 Å². The summed E-state index contributed by atoms with van der Waals surface area (Å²) in [4.78, 5) is 0. The molecule has 1 aromatic carbocycles. The van der Waals surface area contributed by atoms with Gasteiger partial charge in [-0.25, -0.2) is 0 Å². The van der Waals surface area contributed by atoms with E-state index >= 15 is 0 Å². The monoisotopic (exact) mass is 215 g/mol. The van der Waals surface area contributed by atoms with E-state index in [1.54, 1.807) is 0 Å². The fraction of sp³-hybridized carbons (Fsp3) is 0.455. The second-order valence-electron chi connectivity index (χ2n) is 3.43. The number of halogens is 1. The summed E-state index contributed by atoms with van der Waals surface area (Å²) >= 11 is 0. The van der Waals surface area contributed by atoms with Gasteiger partial charge in [0.25, 0.3) is 0 Å². The maximum Gasteiger partial charge on any atom is 0.0940 e. The van der Waals surface area contributed by atoms with Crippen molar-refractivity contribution in [2.75, 3.05) is 7.05 Å². The van der Waals surface area contributed by atoms with Gasteiger partial charge in [0.2, 0.25) is 0 Å². The highest BCUT2D eigenvalue weighted by molar-refractivity contribution is 5.85. The zero-order valence-corrected chi connectivity index (χ0v) is 9.64. The van der Waals surface area contributed by atoms with Crippen molar-refractivity contribution in [2.24, 2.45) is 0 Å².